The van der Waals surface area contributed by atoms with E-state index in [1.54, 1.807) is 35.4 Å². The Kier molecular flexibility index (Phi) is 5.05. The summed E-state index contributed by atoms with van der Waals surface area (Å²) in [5.41, 5.74) is 0.186. The largest absolute Gasteiger partial charge is 0.354 e. The molecule has 146 valence electrons. The molecule has 0 bridgehead atoms. The van der Waals surface area contributed by atoms with Crippen LogP contribution in [0.5, 0.6) is 0 Å². The first-order chi connectivity index (χ1) is 13.5. The second-order valence-electron chi connectivity index (χ2n) is 6.44. The molecule has 1 aliphatic rings. The Morgan fingerprint density at radius 1 is 1.04 bits per heavy atom. The van der Waals surface area contributed by atoms with Gasteiger partial charge in [0.15, 0.2) is 0 Å². The van der Waals surface area contributed by atoms with Gasteiger partial charge in [0.25, 0.3) is 0 Å². The van der Waals surface area contributed by atoms with Gasteiger partial charge in [-0.3, -0.25) is 4.57 Å². The van der Waals surface area contributed by atoms with Crippen LogP contribution in [0.1, 0.15) is 5.56 Å². The van der Waals surface area contributed by atoms with Gasteiger partial charge in [-0.25, -0.2) is 27.8 Å². The van der Waals surface area contributed by atoms with E-state index in [0.717, 1.165) is 5.82 Å². The quantitative estimate of drug-likeness (QED) is 0.642. The first kappa shape index (κ1) is 18.5. The van der Waals surface area contributed by atoms with Crippen LogP contribution in [0.3, 0.4) is 0 Å². The molecule has 0 spiro atoms. The Morgan fingerprint density at radius 2 is 1.79 bits per heavy atom. The summed E-state index contributed by atoms with van der Waals surface area (Å²) in [6.45, 7) is 1.64. The van der Waals surface area contributed by atoms with Crippen molar-refractivity contribution in [3.63, 3.8) is 0 Å². The maximum Gasteiger partial charge on any atom is 0.218 e. The predicted octanol–water partition coefficient (Wildman–Crippen LogP) is 1.45. The number of anilines is 1. The summed E-state index contributed by atoms with van der Waals surface area (Å²) >= 11 is 0. The highest BCUT2D eigenvalue weighted by molar-refractivity contribution is 7.88. The molecule has 0 atom stereocenters. The number of hydrogen-bond donors (Lipinski definition) is 0. The minimum Gasteiger partial charge on any atom is -0.354 e. The van der Waals surface area contributed by atoms with E-state index in [9.17, 15) is 12.8 Å². The number of halogens is 1. The monoisotopic (exact) mass is 402 g/mol. The van der Waals surface area contributed by atoms with Crippen LogP contribution >= 0.6 is 0 Å². The molecule has 10 heteroatoms. The number of rotatable bonds is 5. The maximum atomic E-state index is 13.8. The molecule has 1 saturated heterocycles. The highest BCUT2D eigenvalue weighted by Gasteiger charge is 2.28. The van der Waals surface area contributed by atoms with Crippen LogP contribution in [0.4, 0.5) is 10.2 Å². The van der Waals surface area contributed by atoms with Crippen molar-refractivity contribution in [2.75, 3.05) is 31.1 Å². The maximum absolute atomic E-state index is 13.8. The van der Waals surface area contributed by atoms with Crippen molar-refractivity contribution in [2.45, 2.75) is 5.75 Å². The van der Waals surface area contributed by atoms with E-state index in [1.165, 1.54) is 22.8 Å². The van der Waals surface area contributed by atoms with E-state index in [1.807, 2.05) is 11.0 Å². The van der Waals surface area contributed by atoms with Gasteiger partial charge in [-0.2, -0.15) is 4.31 Å². The van der Waals surface area contributed by atoms with Crippen molar-refractivity contribution in [3.05, 3.63) is 66.8 Å². The van der Waals surface area contributed by atoms with Gasteiger partial charge in [0.2, 0.25) is 10.0 Å². The average molecular weight is 402 g/mol. The van der Waals surface area contributed by atoms with Gasteiger partial charge in [0, 0.05) is 50.2 Å². The Balaban J connectivity index is 1.43. The number of nitrogens with zero attached hydrogens (tertiary/aromatic N) is 6. The van der Waals surface area contributed by atoms with E-state index < -0.39 is 15.8 Å². The van der Waals surface area contributed by atoms with Gasteiger partial charge in [0.05, 0.1) is 5.75 Å². The van der Waals surface area contributed by atoms with Crippen LogP contribution in [-0.4, -0.2) is 58.4 Å². The van der Waals surface area contributed by atoms with Crippen molar-refractivity contribution >= 4 is 15.8 Å². The predicted molar refractivity (Wildman–Crippen MR) is 102 cm³/mol. The van der Waals surface area contributed by atoms with Crippen LogP contribution < -0.4 is 4.90 Å². The standard InChI is InChI=1S/C18H19FN6O2S/c19-16-4-2-1-3-15(16)12-28(26,27)25-9-7-23(8-10-25)17-11-18(22-13-21-17)24-6-5-20-14-24/h1-6,11,13-14H,7-10,12H2. The highest BCUT2D eigenvalue weighted by Crippen LogP contribution is 2.19. The smallest absolute Gasteiger partial charge is 0.218 e. The van der Waals surface area contributed by atoms with E-state index in [0.29, 0.717) is 32.0 Å². The molecule has 0 radical (unpaired) electrons. The van der Waals surface area contributed by atoms with Gasteiger partial charge >= 0.3 is 0 Å². The summed E-state index contributed by atoms with van der Waals surface area (Å²) in [5.74, 6) is 0.581. The van der Waals surface area contributed by atoms with Gasteiger partial charge in [0.1, 0.15) is 30.1 Å². The number of sulfonamides is 1. The molecule has 4 rings (SSSR count). The number of aromatic nitrogens is 4. The second-order valence-corrected chi connectivity index (χ2v) is 8.41. The Morgan fingerprint density at radius 3 is 2.50 bits per heavy atom. The lowest BCUT2D eigenvalue weighted by Crippen LogP contribution is -2.49. The van der Waals surface area contributed by atoms with Crippen molar-refractivity contribution in [1.82, 2.24) is 23.8 Å². The number of piperazine rings is 1. The van der Waals surface area contributed by atoms with Gasteiger partial charge < -0.3 is 4.90 Å². The minimum absolute atomic E-state index is 0.186. The molecule has 0 unspecified atom stereocenters. The first-order valence-corrected chi connectivity index (χ1v) is 10.4. The summed E-state index contributed by atoms with van der Waals surface area (Å²) in [6, 6.07) is 7.80. The van der Waals surface area contributed by atoms with Gasteiger partial charge in [-0.15, -0.1) is 0 Å². The third-order valence-electron chi connectivity index (χ3n) is 4.66. The molecule has 1 aliphatic heterocycles. The summed E-state index contributed by atoms with van der Waals surface area (Å²) in [4.78, 5) is 14.6. The molecular weight excluding hydrogens is 383 g/mol. The highest BCUT2D eigenvalue weighted by atomic mass is 32.2. The van der Waals surface area contributed by atoms with Crippen molar-refractivity contribution in [1.29, 1.82) is 0 Å². The third kappa shape index (κ3) is 3.87. The molecule has 1 aromatic carbocycles. The molecule has 2 aromatic heterocycles. The van der Waals surface area contributed by atoms with Crippen LogP contribution in [0.25, 0.3) is 5.82 Å². The second kappa shape index (κ2) is 7.64. The molecule has 8 nitrogen and oxygen atoms in total. The van der Waals surface area contributed by atoms with Crippen LogP contribution in [0.2, 0.25) is 0 Å². The average Bonchev–Trinajstić information content (AvgIpc) is 3.25. The van der Waals surface area contributed by atoms with E-state index in [2.05, 4.69) is 15.0 Å². The van der Waals surface area contributed by atoms with E-state index >= 15 is 0 Å². The fourth-order valence-electron chi connectivity index (χ4n) is 3.14. The summed E-state index contributed by atoms with van der Waals surface area (Å²) in [6.07, 6.45) is 6.59. The zero-order valence-electron chi connectivity index (χ0n) is 15.0. The molecule has 28 heavy (non-hydrogen) atoms. The minimum atomic E-state index is -3.59. The van der Waals surface area contributed by atoms with E-state index in [4.69, 9.17) is 0 Å². The first-order valence-electron chi connectivity index (χ1n) is 8.79. The molecule has 3 aromatic rings. The number of hydrogen-bond acceptors (Lipinski definition) is 6. The summed E-state index contributed by atoms with van der Waals surface area (Å²) < 4.78 is 42.3. The van der Waals surface area contributed by atoms with Crippen LogP contribution in [-0.2, 0) is 15.8 Å². The fraction of sp³-hybridized carbons (Fsp3) is 0.278. The SMILES string of the molecule is O=S(=O)(Cc1ccccc1F)N1CCN(c2cc(-n3ccnc3)ncn2)CC1. The lowest BCUT2D eigenvalue weighted by Gasteiger charge is -2.34. The van der Waals surface area contributed by atoms with Gasteiger partial charge in [-0.05, 0) is 6.07 Å². The Bertz CT molecular complexity index is 1050. The zero-order chi connectivity index (χ0) is 19.6. The summed E-state index contributed by atoms with van der Waals surface area (Å²) in [5, 5.41) is 0. The lowest BCUT2D eigenvalue weighted by atomic mass is 10.2. The fourth-order valence-corrected chi connectivity index (χ4v) is 4.67. The van der Waals surface area contributed by atoms with E-state index in [-0.39, 0.29) is 11.3 Å². The van der Waals surface area contributed by atoms with Gasteiger partial charge in [-0.1, -0.05) is 18.2 Å². The molecule has 0 N–H and O–H groups in total. The normalized spacial score (nSPS) is 15.7. The number of imidazole rings is 1. The van der Waals surface area contributed by atoms with Crippen LogP contribution in [0, 0.1) is 5.82 Å². The molecule has 0 aliphatic carbocycles. The topological polar surface area (TPSA) is 84.2 Å². The van der Waals surface area contributed by atoms with Crippen LogP contribution in [0.15, 0.2) is 55.4 Å². The summed E-state index contributed by atoms with van der Waals surface area (Å²) in [7, 11) is -3.59. The lowest BCUT2D eigenvalue weighted by molar-refractivity contribution is 0.383. The third-order valence-corrected chi connectivity index (χ3v) is 6.49. The van der Waals surface area contributed by atoms with Crippen molar-refractivity contribution in [3.8, 4) is 5.82 Å². The number of benzene rings is 1. The van der Waals surface area contributed by atoms with Crippen molar-refractivity contribution < 1.29 is 12.8 Å². The van der Waals surface area contributed by atoms with Crippen molar-refractivity contribution in [2.24, 2.45) is 0 Å². The molecule has 0 amide bonds. The molecular formula is C18H19FN6O2S. The Labute approximate surface area is 162 Å². The molecule has 0 saturated carbocycles. The molecule has 3 heterocycles. The Hall–Kier alpha value is -2.85. The zero-order valence-corrected chi connectivity index (χ0v) is 15.8. The molecule has 1 fully saturated rings.